The van der Waals surface area contributed by atoms with Crippen molar-refractivity contribution in [1.82, 2.24) is 10.2 Å². The number of rotatable bonds is 3. The summed E-state index contributed by atoms with van der Waals surface area (Å²) in [5.74, 6) is 0.249. The summed E-state index contributed by atoms with van der Waals surface area (Å²) in [6.45, 7) is 4.38. The van der Waals surface area contributed by atoms with Gasteiger partial charge in [-0.15, -0.1) is 0 Å². The third-order valence-corrected chi connectivity index (χ3v) is 3.70. The van der Waals surface area contributed by atoms with E-state index in [-0.39, 0.29) is 30.7 Å². The summed E-state index contributed by atoms with van der Waals surface area (Å²) < 4.78 is 5.55. The maximum Gasteiger partial charge on any atom is 0.317 e. The molecular formula is C12H22N2O3. The second-order valence-corrected chi connectivity index (χ2v) is 5.07. The number of urea groups is 1. The zero-order valence-electron chi connectivity index (χ0n) is 10.4. The Morgan fingerprint density at radius 1 is 1.59 bits per heavy atom. The molecule has 3 unspecified atom stereocenters. The molecule has 2 aliphatic rings. The number of hydrogen-bond donors (Lipinski definition) is 2. The zero-order valence-corrected chi connectivity index (χ0v) is 10.4. The van der Waals surface area contributed by atoms with Crippen molar-refractivity contribution in [2.24, 2.45) is 5.92 Å². The first kappa shape index (κ1) is 12.6. The number of ether oxygens (including phenoxy) is 1. The lowest BCUT2D eigenvalue weighted by Crippen LogP contribution is -2.47. The minimum Gasteiger partial charge on any atom is -0.396 e. The van der Waals surface area contributed by atoms with Gasteiger partial charge in [-0.25, -0.2) is 4.79 Å². The van der Waals surface area contributed by atoms with Crippen LogP contribution in [0.15, 0.2) is 0 Å². The van der Waals surface area contributed by atoms with Crippen molar-refractivity contribution >= 4 is 6.03 Å². The first-order chi connectivity index (χ1) is 8.20. The lowest BCUT2D eigenvalue weighted by Gasteiger charge is -2.24. The van der Waals surface area contributed by atoms with Crippen LogP contribution < -0.4 is 5.32 Å². The average Bonchev–Trinajstić information content (AvgIpc) is 3.00. The van der Waals surface area contributed by atoms with E-state index < -0.39 is 0 Å². The van der Waals surface area contributed by atoms with Gasteiger partial charge in [-0.05, 0) is 26.2 Å². The molecule has 5 heteroatoms. The topological polar surface area (TPSA) is 61.8 Å². The highest BCUT2D eigenvalue weighted by Gasteiger charge is 2.29. The van der Waals surface area contributed by atoms with E-state index in [2.05, 4.69) is 5.32 Å². The summed E-state index contributed by atoms with van der Waals surface area (Å²) in [5, 5.41) is 12.0. The van der Waals surface area contributed by atoms with Crippen LogP contribution in [0.3, 0.4) is 0 Å². The SMILES string of the molecule is CC(NC(=O)N1CCC(CO)C1)C1CCCO1. The molecule has 0 radical (unpaired) electrons. The van der Waals surface area contributed by atoms with E-state index in [1.54, 1.807) is 4.90 Å². The van der Waals surface area contributed by atoms with Crippen LogP contribution in [0.4, 0.5) is 4.79 Å². The van der Waals surface area contributed by atoms with E-state index in [9.17, 15) is 4.79 Å². The fourth-order valence-electron chi connectivity index (χ4n) is 2.54. The van der Waals surface area contributed by atoms with Gasteiger partial charge in [-0.1, -0.05) is 0 Å². The maximum atomic E-state index is 12.0. The highest BCUT2D eigenvalue weighted by atomic mass is 16.5. The molecule has 0 aromatic carbocycles. The van der Waals surface area contributed by atoms with E-state index in [4.69, 9.17) is 9.84 Å². The maximum absolute atomic E-state index is 12.0. The summed E-state index contributed by atoms with van der Waals surface area (Å²) in [5.41, 5.74) is 0. The van der Waals surface area contributed by atoms with Gasteiger partial charge in [-0.3, -0.25) is 0 Å². The van der Waals surface area contributed by atoms with Gasteiger partial charge < -0.3 is 20.1 Å². The smallest absolute Gasteiger partial charge is 0.317 e. The van der Waals surface area contributed by atoms with Gasteiger partial charge in [-0.2, -0.15) is 0 Å². The van der Waals surface area contributed by atoms with Crippen LogP contribution in [0.1, 0.15) is 26.2 Å². The quantitative estimate of drug-likeness (QED) is 0.761. The van der Waals surface area contributed by atoms with E-state index in [1.165, 1.54) is 0 Å². The second kappa shape index (κ2) is 5.69. The second-order valence-electron chi connectivity index (χ2n) is 5.07. The lowest BCUT2D eigenvalue weighted by molar-refractivity contribution is 0.0837. The van der Waals surface area contributed by atoms with Gasteiger partial charge in [0.25, 0.3) is 0 Å². The summed E-state index contributed by atoms with van der Waals surface area (Å²) in [4.78, 5) is 13.7. The summed E-state index contributed by atoms with van der Waals surface area (Å²) in [6, 6.07) is 0.0436. The van der Waals surface area contributed by atoms with Gasteiger partial charge in [0.15, 0.2) is 0 Å². The zero-order chi connectivity index (χ0) is 12.3. The van der Waals surface area contributed by atoms with Crippen LogP contribution in [0.5, 0.6) is 0 Å². The van der Waals surface area contributed by atoms with Crippen LogP contribution in [-0.2, 0) is 4.74 Å². The molecule has 17 heavy (non-hydrogen) atoms. The monoisotopic (exact) mass is 242 g/mol. The molecule has 0 spiro atoms. The number of likely N-dealkylation sites (tertiary alicyclic amines) is 1. The number of aliphatic hydroxyl groups excluding tert-OH is 1. The van der Waals surface area contributed by atoms with Crippen molar-refractivity contribution < 1.29 is 14.6 Å². The molecule has 0 aliphatic carbocycles. The Balaban J connectivity index is 1.76. The first-order valence-corrected chi connectivity index (χ1v) is 6.48. The van der Waals surface area contributed by atoms with Gasteiger partial charge in [0, 0.05) is 32.2 Å². The van der Waals surface area contributed by atoms with E-state index in [0.717, 1.165) is 32.4 Å². The fourth-order valence-corrected chi connectivity index (χ4v) is 2.54. The van der Waals surface area contributed by atoms with E-state index in [0.29, 0.717) is 6.54 Å². The molecule has 0 bridgehead atoms. The van der Waals surface area contributed by atoms with Crippen LogP contribution in [0.25, 0.3) is 0 Å². The number of amides is 2. The van der Waals surface area contributed by atoms with Gasteiger partial charge >= 0.3 is 6.03 Å². The minimum atomic E-state index is -0.0241. The number of carbonyl (C=O) groups is 1. The highest BCUT2D eigenvalue weighted by Crippen LogP contribution is 2.18. The van der Waals surface area contributed by atoms with Crippen LogP contribution in [0, 0.1) is 5.92 Å². The lowest BCUT2D eigenvalue weighted by atomic mass is 10.1. The van der Waals surface area contributed by atoms with Crippen molar-refractivity contribution in [1.29, 1.82) is 0 Å². The minimum absolute atomic E-state index is 0.0241. The number of aliphatic hydroxyl groups is 1. The number of nitrogens with zero attached hydrogens (tertiary/aromatic N) is 1. The Morgan fingerprint density at radius 2 is 2.41 bits per heavy atom. The van der Waals surface area contributed by atoms with Crippen molar-refractivity contribution in [2.75, 3.05) is 26.3 Å². The molecule has 2 rings (SSSR count). The standard InChI is InChI=1S/C12H22N2O3/c1-9(11-3-2-6-17-11)13-12(16)14-5-4-10(7-14)8-15/h9-11,15H,2-8H2,1H3,(H,13,16). The third kappa shape index (κ3) is 3.10. The summed E-state index contributed by atoms with van der Waals surface area (Å²) in [6.07, 6.45) is 3.18. The molecule has 0 aromatic rings. The van der Waals surface area contributed by atoms with Crippen LogP contribution in [-0.4, -0.2) is 54.5 Å². The number of carbonyl (C=O) groups excluding carboxylic acids is 1. The largest absolute Gasteiger partial charge is 0.396 e. The van der Waals surface area contributed by atoms with Crippen LogP contribution >= 0.6 is 0 Å². The molecule has 2 fully saturated rings. The fraction of sp³-hybridized carbons (Fsp3) is 0.917. The van der Waals surface area contributed by atoms with Crippen molar-refractivity contribution in [2.45, 2.75) is 38.3 Å². The number of nitrogens with one attached hydrogen (secondary N) is 1. The first-order valence-electron chi connectivity index (χ1n) is 6.48. The molecule has 2 amide bonds. The Hall–Kier alpha value is -0.810. The van der Waals surface area contributed by atoms with Crippen molar-refractivity contribution in [3.05, 3.63) is 0 Å². The number of hydrogen-bond acceptors (Lipinski definition) is 3. The highest BCUT2D eigenvalue weighted by molar-refractivity contribution is 5.74. The molecule has 2 aliphatic heterocycles. The van der Waals surface area contributed by atoms with E-state index in [1.807, 2.05) is 6.92 Å². The van der Waals surface area contributed by atoms with Crippen LogP contribution in [0.2, 0.25) is 0 Å². The average molecular weight is 242 g/mol. The van der Waals surface area contributed by atoms with Gasteiger partial charge in [0.2, 0.25) is 0 Å². The molecule has 2 saturated heterocycles. The Bertz CT molecular complexity index is 266. The Labute approximate surface area is 102 Å². The van der Waals surface area contributed by atoms with Crippen molar-refractivity contribution in [3.8, 4) is 0 Å². The third-order valence-electron chi connectivity index (χ3n) is 3.70. The Kier molecular flexibility index (Phi) is 4.23. The molecule has 3 atom stereocenters. The van der Waals surface area contributed by atoms with Gasteiger partial charge in [0.1, 0.15) is 0 Å². The molecule has 0 saturated carbocycles. The van der Waals surface area contributed by atoms with E-state index >= 15 is 0 Å². The molecule has 0 aromatic heterocycles. The molecular weight excluding hydrogens is 220 g/mol. The van der Waals surface area contributed by atoms with Gasteiger partial charge in [0.05, 0.1) is 12.1 Å². The molecule has 2 N–H and O–H groups in total. The normalized spacial score (nSPS) is 30.6. The summed E-state index contributed by atoms with van der Waals surface area (Å²) in [7, 11) is 0. The Morgan fingerprint density at radius 3 is 3.00 bits per heavy atom. The predicted molar refractivity (Wildman–Crippen MR) is 63.7 cm³/mol. The summed E-state index contributed by atoms with van der Waals surface area (Å²) >= 11 is 0. The molecule has 98 valence electrons. The predicted octanol–water partition coefficient (Wildman–Crippen LogP) is 0.578. The molecule has 2 heterocycles. The van der Waals surface area contributed by atoms with Crippen molar-refractivity contribution in [3.63, 3.8) is 0 Å². The molecule has 5 nitrogen and oxygen atoms in total.